The van der Waals surface area contributed by atoms with Gasteiger partial charge in [0.15, 0.2) is 0 Å². The van der Waals surface area contributed by atoms with Crippen molar-refractivity contribution >= 4 is 11.6 Å². The molecule has 1 nitrogen and oxygen atoms in total. The Morgan fingerprint density at radius 2 is 2.31 bits per heavy atom. The quantitative estimate of drug-likeness (QED) is 0.622. The molecule has 1 fully saturated rings. The Balaban J connectivity index is 2.48. The van der Waals surface area contributed by atoms with Crippen LogP contribution in [0.2, 0.25) is 0 Å². The predicted octanol–water partition coefficient (Wildman–Crippen LogP) is 3.72. The molecule has 2 heteroatoms. The van der Waals surface area contributed by atoms with Crippen molar-refractivity contribution in [2.45, 2.75) is 50.8 Å². The van der Waals surface area contributed by atoms with Crippen LogP contribution in [-0.2, 0) is 0 Å². The number of hydrogen-bond acceptors (Lipinski definition) is 1. The molecule has 1 aliphatic carbocycles. The average molecular weight is 200 g/mol. The molecule has 2 unspecified atom stereocenters. The predicted molar refractivity (Wildman–Crippen MR) is 55.6 cm³/mol. The molecule has 0 aromatic rings. The monoisotopic (exact) mass is 199 g/mol. The molecule has 0 aromatic heterocycles. The third-order valence-corrected chi connectivity index (χ3v) is 3.23. The molecule has 13 heavy (non-hydrogen) atoms. The van der Waals surface area contributed by atoms with Crippen molar-refractivity contribution in [3.63, 3.8) is 0 Å². The fourth-order valence-electron chi connectivity index (χ4n) is 2.30. The lowest BCUT2D eigenvalue weighted by molar-refractivity contribution is 0.283. The van der Waals surface area contributed by atoms with Crippen LogP contribution in [0.3, 0.4) is 0 Å². The number of hydrogen-bond donors (Lipinski definition) is 0. The minimum absolute atomic E-state index is 0.544. The van der Waals surface area contributed by atoms with Gasteiger partial charge in [0.05, 0.1) is 6.07 Å². The maximum absolute atomic E-state index is 8.92. The van der Waals surface area contributed by atoms with Gasteiger partial charge in [-0.05, 0) is 31.1 Å². The van der Waals surface area contributed by atoms with Crippen molar-refractivity contribution in [1.82, 2.24) is 0 Å². The normalized spacial score (nSPS) is 34.5. The lowest BCUT2D eigenvalue weighted by Crippen LogP contribution is -2.28. The van der Waals surface area contributed by atoms with E-state index in [4.69, 9.17) is 16.9 Å². The number of nitriles is 1. The van der Waals surface area contributed by atoms with E-state index in [1.165, 1.54) is 12.8 Å². The summed E-state index contributed by atoms with van der Waals surface area (Å²) < 4.78 is 0. The minimum atomic E-state index is -0.544. The van der Waals surface area contributed by atoms with Crippen LogP contribution in [-0.4, -0.2) is 4.87 Å². The highest BCUT2D eigenvalue weighted by molar-refractivity contribution is 6.25. The van der Waals surface area contributed by atoms with Crippen LogP contribution < -0.4 is 0 Å². The van der Waals surface area contributed by atoms with E-state index in [1.807, 2.05) is 0 Å². The van der Waals surface area contributed by atoms with Gasteiger partial charge in [-0.1, -0.05) is 26.7 Å². The van der Waals surface area contributed by atoms with E-state index in [2.05, 4.69) is 19.9 Å². The van der Waals surface area contributed by atoms with Gasteiger partial charge in [0.1, 0.15) is 4.87 Å². The summed E-state index contributed by atoms with van der Waals surface area (Å²) in [5, 5.41) is 8.92. The highest BCUT2D eigenvalue weighted by atomic mass is 35.5. The van der Waals surface area contributed by atoms with Crippen LogP contribution in [0, 0.1) is 23.2 Å². The summed E-state index contributed by atoms with van der Waals surface area (Å²) in [6.45, 7) is 4.47. The molecule has 1 aliphatic rings. The summed E-state index contributed by atoms with van der Waals surface area (Å²) >= 11 is 6.18. The van der Waals surface area contributed by atoms with E-state index in [-0.39, 0.29) is 0 Å². The van der Waals surface area contributed by atoms with Crippen molar-refractivity contribution in [3.8, 4) is 6.07 Å². The maximum atomic E-state index is 8.92. The van der Waals surface area contributed by atoms with Gasteiger partial charge >= 0.3 is 0 Å². The number of rotatable bonds is 2. The van der Waals surface area contributed by atoms with E-state index >= 15 is 0 Å². The molecule has 1 saturated carbocycles. The Morgan fingerprint density at radius 3 is 2.85 bits per heavy atom. The average Bonchev–Trinajstić information content (AvgIpc) is 2.03. The zero-order valence-corrected chi connectivity index (χ0v) is 9.27. The molecule has 0 N–H and O–H groups in total. The first-order valence-corrected chi connectivity index (χ1v) is 5.54. The van der Waals surface area contributed by atoms with Gasteiger partial charge < -0.3 is 0 Å². The first kappa shape index (κ1) is 10.9. The molecule has 1 rings (SSSR count). The number of alkyl halides is 1. The molecule has 0 bridgehead atoms. The van der Waals surface area contributed by atoms with E-state index in [0.717, 1.165) is 25.2 Å². The summed E-state index contributed by atoms with van der Waals surface area (Å²) in [6.07, 6.45) is 5.36. The summed E-state index contributed by atoms with van der Waals surface area (Å²) in [7, 11) is 0. The van der Waals surface area contributed by atoms with Gasteiger partial charge in [0.25, 0.3) is 0 Å². The first-order chi connectivity index (χ1) is 6.06. The molecule has 0 aromatic carbocycles. The number of halogens is 1. The molecular weight excluding hydrogens is 182 g/mol. The second-order valence-electron chi connectivity index (χ2n) is 4.67. The van der Waals surface area contributed by atoms with Crippen molar-refractivity contribution in [3.05, 3.63) is 0 Å². The van der Waals surface area contributed by atoms with Crippen molar-refractivity contribution in [2.24, 2.45) is 11.8 Å². The molecule has 0 aliphatic heterocycles. The molecule has 0 spiro atoms. The third kappa shape index (κ3) is 3.19. The smallest absolute Gasteiger partial charge is 0.131 e. The number of nitrogens with zero attached hydrogens (tertiary/aromatic N) is 1. The summed E-state index contributed by atoms with van der Waals surface area (Å²) in [6, 6.07) is 2.25. The zero-order valence-electron chi connectivity index (χ0n) is 8.52. The van der Waals surface area contributed by atoms with E-state index in [9.17, 15) is 0 Å². The highest BCUT2D eigenvalue weighted by Gasteiger charge is 2.34. The van der Waals surface area contributed by atoms with Crippen molar-refractivity contribution < 1.29 is 0 Å². The summed E-state index contributed by atoms with van der Waals surface area (Å²) in [5.41, 5.74) is 0. The van der Waals surface area contributed by atoms with Gasteiger partial charge in [-0.15, -0.1) is 11.6 Å². The summed E-state index contributed by atoms with van der Waals surface area (Å²) in [4.78, 5) is -0.544. The second-order valence-corrected chi connectivity index (χ2v) is 5.39. The highest BCUT2D eigenvalue weighted by Crippen LogP contribution is 2.39. The largest absolute Gasteiger partial charge is 0.196 e. The van der Waals surface area contributed by atoms with E-state index < -0.39 is 4.87 Å². The van der Waals surface area contributed by atoms with Gasteiger partial charge in [0.2, 0.25) is 0 Å². The van der Waals surface area contributed by atoms with Gasteiger partial charge in [-0.2, -0.15) is 5.26 Å². The zero-order chi connectivity index (χ0) is 9.90. The second kappa shape index (κ2) is 4.33. The Morgan fingerprint density at radius 1 is 1.62 bits per heavy atom. The lowest BCUT2D eigenvalue weighted by Gasteiger charge is -2.31. The van der Waals surface area contributed by atoms with E-state index in [0.29, 0.717) is 5.92 Å². The third-order valence-electron chi connectivity index (χ3n) is 2.80. The lowest BCUT2D eigenvalue weighted by atomic mass is 9.78. The standard InChI is InChI=1S/C11H18ClN/c1-9(2)6-10-4-3-5-11(12,7-10)8-13/h9-10H,3-7H2,1-2H3. The van der Waals surface area contributed by atoms with Crippen LogP contribution in [0.1, 0.15) is 46.0 Å². The van der Waals surface area contributed by atoms with Crippen molar-refractivity contribution in [1.29, 1.82) is 5.26 Å². The van der Waals surface area contributed by atoms with Crippen LogP contribution in [0.25, 0.3) is 0 Å². The van der Waals surface area contributed by atoms with E-state index in [1.54, 1.807) is 0 Å². The minimum Gasteiger partial charge on any atom is -0.196 e. The fraction of sp³-hybridized carbons (Fsp3) is 0.909. The van der Waals surface area contributed by atoms with Gasteiger partial charge in [-0.25, -0.2) is 0 Å². The molecule has 74 valence electrons. The van der Waals surface area contributed by atoms with Crippen LogP contribution in [0.15, 0.2) is 0 Å². The van der Waals surface area contributed by atoms with Gasteiger partial charge in [-0.3, -0.25) is 0 Å². The Hall–Kier alpha value is -0.220. The summed E-state index contributed by atoms with van der Waals surface area (Å²) in [5.74, 6) is 1.40. The van der Waals surface area contributed by atoms with Crippen LogP contribution in [0.4, 0.5) is 0 Å². The Kier molecular flexibility index (Phi) is 3.62. The fourth-order valence-corrected chi connectivity index (χ4v) is 2.65. The van der Waals surface area contributed by atoms with Crippen molar-refractivity contribution in [2.75, 3.05) is 0 Å². The van der Waals surface area contributed by atoms with Gasteiger partial charge in [0, 0.05) is 0 Å². The Bertz CT molecular complexity index is 207. The molecule has 2 atom stereocenters. The Labute approximate surface area is 86.1 Å². The van der Waals surface area contributed by atoms with Crippen LogP contribution >= 0.6 is 11.6 Å². The molecule has 0 amide bonds. The maximum Gasteiger partial charge on any atom is 0.131 e. The topological polar surface area (TPSA) is 23.8 Å². The van der Waals surface area contributed by atoms with Crippen LogP contribution in [0.5, 0.6) is 0 Å². The molecular formula is C11H18ClN. The molecule has 0 saturated heterocycles. The molecule has 0 radical (unpaired) electrons. The first-order valence-electron chi connectivity index (χ1n) is 5.16. The molecule has 0 heterocycles. The SMILES string of the molecule is CC(C)CC1CCCC(Cl)(C#N)C1.